The highest BCUT2D eigenvalue weighted by Crippen LogP contribution is 2.34. The van der Waals surface area contributed by atoms with Crippen molar-refractivity contribution in [3.8, 4) is 23.0 Å². The molecule has 11 nitrogen and oxygen atoms in total. The summed E-state index contributed by atoms with van der Waals surface area (Å²) in [5, 5.41) is 9.15. The molecule has 0 fully saturated rings. The van der Waals surface area contributed by atoms with E-state index in [1.807, 2.05) is 53.8 Å². The van der Waals surface area contributed by atoms with Crippen LogP contribution < -0.4 is 35.0 Å². The fourth-order valence-corrected chi connectivity index (χ4v) is 4.24. The molecule has 0 unspecified atom stereocenters. The Kier molecular flexibility index (Phi) is 9.20. The van der Waals surface area contributed by atoms with Gasteiger partial charge in [-0.15, -0.1) is 0 Å². The molecule has 1 heterocycles. The Morgan fingerprint density at radius 1 is 1.03 bits per heavy atom. The fraction of sp³-hybridized carbons (Fsp3) is 0.185. The van der Waals surface area contributed by atoms with Crippen LogP contribution in [0.15, 0.2) is 59.7 Å². The van der Waals surface area contributed by atoms with Gasteiger partial charge in [-0.1, -0.05) is 23.8 Å². The smallest absolute Gasteiger partial charge is 0.329 e. The molecular formula is C27H25IN4O7. The largest absolute Gasteiger partial charge is 0.493 e. The highest BCUT2D eigenvalue weighted by Gasteiger charge is 2.16. The van der Waals surface area contributed by atoms with E-state index in [1.165, 1.54) is 13.3 Å². The summed E-state index contributed by atoms with van der Waals surface area (Å²) in [6.07, 6.45) is 1.36. The predicted octanol–water partition coefficient (Wildman–Crippen LogP) is 3.12. The summed E-state index contributed by atoms with van der Waals surface area (Å²) in [7, 11) is 1.47. The number of hydrogen-bond donors (Lipinski definition) is 3. The molecule has 1 aliphatic heterocycles. The number of halogens is 1. The third-order valence-corrected chi connectivity index (χ3v) is 6.21. The molecule has 0 aromatic heterocycles. The first-order valence-corrected chi connectivity index (χ1v) is 12.8. The minimum atomic E-state index is -0.923. The van der Waals surface area contributed by atoms with Crippen molar-refractivity contribution in [1.29, 1.82) is 0 Å². The zero-order chi connectivity index (χ0) is 27.8. The van der Waals surface area contributed by atoms with Crippen LogP contribution in [0.25, 0.3) is 0 Å². The van der Waals surface area contributed by atoms with Gasteiger partial charge < -0.3 is 29.6 Å². The van der Waals surface area contributed by atoms with Crippen LogP contribution in [0.5, 0.6) is 23.0 Å². The standard InChI is InChI=1S/C27H25IN4O7/c1-16-3-6-19(7-4-16)31-24(33)14-37-25-20(28)9-18(11-23(25)36-2)13-30-32-27(35)26(34)29-12-17-5-8-21-22(10-17)39-15-38-21/h3-11,13H,12,14-15H2,1-2H3,(H,29,34)(H,31,33)(H,32,35)/b30-13-. The highest BCUT2D eigenvalue weighted by molar-refractivity contribution is 14.1. The number of ether oxygens (including phenoxy) is 4. The molecule has 3 aromatic rings. The molecule has 0 spiro atoms. The summed E-state index contributed by atoms with van der Waals surface area (Å²) < 4.78 is 22.3. The molecule has 202 valence electrons. The van der Waals surface area contributed by atoms with Crippen molar-refractivity contribution < 1.29 is 33.3 Å². The van der Waals surface area contributed by atoms with Gasteiger partial charge in [0.05, 0.1) is 16.9 Å². The van der Waals surface area contributed by atoms with Crippen LogP contribution in [0.2, 0.25) is 0 Å². The van der Waals surface area contributed by atoms with Crippen molar-refractivity contribution >= 4 is 52.2 Å². The minimum absolute atomic E-state index is 0.131. The second-order valence-electron chi connectivity index (χ2n) is 8.31. The van der Waals surface area contributed by atoms with Gasteiger partial charge in [0, 0.05) is 12.2 Å². The van der Waals surface area contributed by atoms with Gasteiger partial charge in [0.15, 0.2) is 29.6 Å². The second kappa shape index (κ2) is 13.0. The van der Waals surface area contributed by atoms with Crippen molar-refractivity contribution in [2.75, 3.05) is 25.8 Å². The van der Waals surface area contributed by atoms with E-state index in [1.54, 1.807) is 30.3 Å². The number of carbonyl (C=O) groups is 3. The SMILES string of the molecule is COc1cc(/C=N\NC(=O)C(=O)NCc2ccc3c(c2)OCO3)cc(I)c1OCC(=O)Nc1ccc(C)cc1. The monoisotopic (exact) mass is 644 g/mol. The first kappa shape index (κ1) is 27.7. The number of anilines is 1. The van der Waals surface area contributed by atoms with Gasteiger partial charge in [-0.2, -0.15) is 5.10 Å². The van der Waals surface area contributed by atoms with Gasteiger partial charge in [-0.25, -0.2) is 5.43 Å². The molecule has 3 amide bonds. The van der Waals surface area contributed by atoms with Crippen molar-refractivity contribution in [2.45, 2.75) is 13.5 Å². The molecule has 0 bridgehead atoms. The lowest BCUT2D eigenvalue weighted by atomic mass is 10.2. The Bertz CT molecular complexity index is 1410. The Balaban J connectivity index is 1.28. The van der Waals surface area contributed by atoms with E-state index in [-0.39, 0.29) is 25.9 Å². The lowest BCUT2D eigenvalue weighted by Crippen LogP contribution is -2.37. The topological polar surface area (TPSA) is 137 Å². The van der Waals surface area contributed by atoms with Gasteiger partial charge in [0.2, 0.25) is 6.79 Å². The summed E-state index contributed by atoms with van der Waals surface area (Å²) in [4.78, 5) is 36.5. The van der Waals surface area contributed by atoms with Crippen molar-refractivity contribution in [1.82, 2.24) is 10.7 Å². The second-order valence-corrected chi connectivity index (χ2v) is 9.47. The quantitative estimate of drug-likeness (QED) is 0.141. The van der Waals surface area contributed by atoms with Crippen LogP contribution in [0.3, 0.4) is 0 Å². The summed E-state index contributed by atoms with van der Waals surface area (Å²) in [6.45, 7) is 2.03. The van der Waals surface area contributed by atoms with E-state index in [4.69, 9.17) is 18.9 Å². The number of amides is 3. The van der Waals surface area contributed by atoms with E-state index >= 15 is 0 Å². The average molecular weight is 644 g/mol. The van der Waals surface area contributed by atoms with Crippen molar-refractivity contribution in [3.05, 3.63) is 74.9 Å². The molecule has 0 atom stereocenters. The lowest BCUT2D eigenvalue weighted by Gasteiger charge is -2.13. The number of aryl methyl sites for hydroxylation is 1. The number of hydrogen-bond acceptors (Lipinski definition) is 8. The number of carbonyl (C=O) groups excluding carboxylic acids is 3. The van der Waals surface area contributed by atoms with E-state index in [0.717, 1.165) is 11.1 Å². The Morgan fingerprint density at radius 3 is 2.56 bits per heavy atom. The zero-order valence-corrected chi connectivity index (χ0v) is 23.2. The molecule has 0 saturated carbocycles. The molecule has 12 heteroatoms. The number of nitrogens with one attached hydrogen (secondary N) is 3. The number of nitrogens with zero attached hydrogens (tertiary/aromatic N) is 1. The van der Waals surface area contributed by atoms with Gasteiger partial charge in [-0.3, -0.25) is 14.4 Å². The fourth-order valence-electron chi connectivity index (χ4n) is 3.46. The maximum atomic E-state index is 12.3. The molecule has 4 rings (SSSR count). The first-order chi connectivity index (χ1) is 18.8. The van der Waals surface area contributed by atoms with E-state index in [9.17, 15) is 14.4 Å². The van der Waals surface area contributed by atoms with E-state index in [0.29, 0.717) is 37.8 Å². The number of fused-ring (bicyclic) bond motifs is 1. The lowest BCUT2D eigenvalue weighted by molar-refractivity contribution is -0.139. The minimum Gasteiger partial charge on any atom is -0.493 e. The molecule has 3 N–H and O–H groups in total. The number of hydrazone groups is 1. The predicted molar refractivity (Wildman–Crippen MR) is 151 cm³/mol. The third-order valence-electron chi connectivity index (χ3n) is 5.41. The van der Waals surface area contributed by atoms with Gasteiger partial charge in [0.25, 0.3) is 5.91 Å². The molecule has 0 aliphatic carbocycles. The Hall–Kier alpha value is -4.33. The molecular weight excluding hydrogens is 619 g/mol. The van der Waals surface area contributed by atoms with Crippen molar-refractivity contribution in [2.24, 2.45) is 5.10 Å². The van der Waals surface area contributed by atoms with Crippen LogP contribution in [-0.4, -0.2) is 44.4 Å². The summed E-state index contributed by atoms with van der Waals surface area (Å²) >= 11 is 2.05. The van der Waals surface area contributed by atoms with Crippen LogP contribution in [0.1, 0.15) is 16.7 Å². The Labute approximate surface area is 238 Å². The van der Waals surface area contributed by atoms with Gasteiger partial charge in [0.1, 0.15) is 0 Å². The van der Waals surface area contributed by atoms with E-state index in [2.05, 4.69) is 21.2 Å². The zero-order valence-electron chi connectivity index (χ0n) is 21.1. The average Bonchev–Trinajstić information content (AvgIpc) is 3.40. The van der Waals surface area contributed by atoms with Crippen molar-refractivity contribution in [3.63, 3.8) is 0 Å². The normalized spacial score (nSPS) is 11.7. The van der Waals surface area contributed by atoms with Gasteiger partial charge >= 0.3 is 11.8 Å². The maximum absolute atomic E-state index is 12.3. The van der Waals surface area contributed by atoms with Crippen LogP contribution in [0, 0.1) is 10.5 Å². The highest BCUT2D eigenvalue weighted by atomic mass is 127. The van der Waals surface area contributed by atoms with Crippen LogP contribution in [-0.2, 0) is 20.9 Å². The number of methoxy groups -OCH3 is 1. The maximum Gasteiger partial charge on any atom is 0.329 e. The van der Waals surface area contributed by atoms with Gasteiger partial charge in [-0.05, 0) is 77.0 Å². The molecule has 0 radical (unpaired) electrons. The van der Waals surface area contributed by atoms with Crippen LogP contribution in [0.4, 0.5) is 5.69 Å². The molecule has 0 saturated heterocycles. The Morgan fingerprint density at radius 2 is 1.79 bits per heavy atom. The number of benzene rings is 3. The summed E-state index contributed by atoms with van der Waals surface area (Å²) in [5.74, 6) is -0.102. The number of rotatable bonds is 9. The molecule has 3 aromatic carbocycles. The third kappa shape index (κ3) is 7.60. The summed E-state index contributed by atoms with van der Waals surface area (Å²) in [5.41, 5.74) is 5.28. The van der Waals surface area contributed by atoms with E-state index < -0.39 is 11.8 Å². The molecule has 39 heavy (non-hydrogen) atoms. The molecule has 1 aliphatic rings. The van der Waals surface area contributed by atoms with Crippen LogP contribution >= 0.6 is 22.6 Å². The first-order valence-electron chi connectivity index (χ1n) is 11.7. The summed E-state index contributed by atoms with van der Waals surface area (Å²) in [6, 6.07) is 16.0.